The van der Waals surface area contributed by atoms with E-state index in [2.05, 4.69) is 24.3 Å². The zero-order valence-electron chi connectivity index (χ0n) is 12.6. The summed E-state index contributed by atoms with van der Waals surface area (Å²) in [7, 11) is 3.77. The molecule has 3 nitrogen and oxygen atoms in total. The number of hydrogen-bond donors (Lipinski definition) is 1. The minimum absolute atomic E-state index is 0.162. The van der Waals surface area contributed by atoms with Crippen LogP contribution in [0.1, 0.15) is 30.8 Å². The van der Waals surface area contributed by atoms with Gasteiger partial charge in [0.1, 0.15) is 5.82 Å². The number of nitrogens with one attached hydrogen (secondary N) is 1. The Morgan fingerprint density at radius 2 is 2.00 bits per heavy atom. The Balaban J connectivity index is 2.53. The summed E-state index contributed by atoms with van der Waals surface area (Å²) in [6, 6.07) is 5.47. The van der Waals surface area contributed by atoms with E-state index in [0.29, 0.717) is 12.1 Å². The summed E-state index contributed by atoms with van der Waals surface area (Å²) < 4.78 is 16.0. The summed E-state index contributed by atoms with van der Waals surface area (Å²) >= 11 is 0. The molecule has 0 aliphatic heterocycles. The molecule has 0 bridgehead atoms. The van der Waals surface area contributed by atoms with E-state index in [1.807, 2.05) is 30.9 Å². The lowest BCUT2D eigenvalue weighted by Crippen LogP contribution is -2.07. The van der Waals surface area contributed by atoms with Crippen LogP contribution in [0.3, 0.4) is 0 Å². The number of rotatable bonds is 5. The maximum absolute atomic E-state index is 14.1. The summed E-state index contributed by atoms with van der Waals surface area (Å²) in [4.78, 5) is 0. The predicted molar refractivity (Wildman–Crippen MR) is 80.1 cm³/mol. The molecule has 1 heterocycles. The molecule has 1 aromatic carbocycles. The van der Waals surface area contributed by atoms with Crippen molar-refractivity contribution in [2.75, 3.05) is 7.05 Å². The van der Waals surface area contributed by atoms with Crippen LogP contribution in [-0.2, 0) is 26.4 Å². The van der Waals surface area contributed by atoms with Gasteiger partial charge in [-0.25, -0.2) is 4.39 Å². The lowest BCUT2D eigenvalue weighted by Gasteiger charge is -2.08. The largest absolute Gasteiger partial charge is 0.316 e. The fourth-order valence-corrected chi connectivity index (χ4v) is 2.64. The first-order valence-electron chi connectivity index (χ1n) is 7.10. The summed E-state index contributed by atoms with van der Waals surface area (Å²) in [5.74, 6) is -0.162. The van der Waals surface area contributed by atoms with Crippen LogP contribution in [-0.4, -0.2) is 16.8 Å². The van der Waals surface area contributed by atoms with Crippen molar-refractivity contribution in [3.63, 3.8) is 0 Å². The summed E-state index contributed by atoms with van der Waals surface area (Å²) in [6.45, 7) is 4.73. The van der Waals surface area contributed by atoms with E-state index in [1.165, 1.54) is 0 Å². The summed E-state index contributed by atoms with van der Waals surface area (Å²) in [5, 5.41) is 7.52. The van der Waals surface area contributed by atoms with E-state index < -0.39 is 0 Å². The molecule has 0 amide bonds. The monoisotopic (exact) mass is 275 g/mol. The minimum atomic E-state index is -0.162. The summed E-state index contributed by atoms with van der Waals surface area (Å²) in [6.07, 6.45) is 1.74. The fraction of sp³-hybridized carbons (Fsp3) is 0.438. The quantitative estimate of drug-likeness (QED) is 0.909. The zero-order chi connectivity index (χ0) is 14.7. The average Bonchev–Trinajstić information content (AvgIpc) is 2.77. The Labute approximate surface area is 119 Å². The van der Waals surface area contributed by atoms with Crippen LogP contribution in [0, 0.1) is 5.82 Å². The lowest BCUT2D eigenvalue weighted by atomic mass is 9.99. The number of aryl methyl sites for hydroxylation is 2. The molecule has 1 N–H and O–H groups in total. The van der Waals surface area contributed by atoms with Crippen molar-refractivity contribution in [3.05, 3.63) is 41.0 Å². The van der Waals surface area contributed by atoms with Crippen LogP contribution in [0.2, 0.25) is 0 Å². The van der Waals surface area contributed by atoms with E-state index in [1.54, 1.807) is 6.07 Å². The smallest absolute Gasteiger partial charge is 0.128 e. The van der Waals surface area contributed by atoms with Gasteiger partial charge in [0.2, 0.25) is 0 Å². The number of halogens is 1. The van der Waals surface area contributed by atoms with Crippen molar-refractivity contribution in [2.45, 2.75) is 33.2 Å². The van der Waals surface area contributed by atoms with Gasteiger partial charge in [0.05, 0.1) is 5.69 Å². The number of benzene rings is 1. The van der Waals surface area contributed by atoms with Gasteiger partial charge in [-0.15, -0.1) is 0 Å². The maximum Gasteiger partial charge on any atom is 0.128 e. The second-order valence-electron chi connectivity index (χ2n) is 4.94. The van der Waals surface area contributed by atoms with E-state index in [4.69, 9.17) is 0 Å². The highest BCUT2D eigenvalue weighted by Crippen LogP contribution is 2.29. The number of hydrogen-bond acceptors (Lipinski definition) is 2. The van der Waals surface area contributed by atoms with E-state index in [9.17, 15) is 4.39 Å². The number of nitrogens with zero attached hydrogens (tertiary/aromatic N) is 2. The Bertz CT molecular complexity index is 602. The highest BCUT2D eigenvalue weighted by atomic mass is 19.1. The fourth-order valence-electron chi connectivity index (χ4n) is 2.64. The molecule has 4 heteroatoms. The first-order chi connectivity index (χ1) is 9.62. The molecule has 108 valence electrons. The topological polar surface area (TPSA) is 29.9 Å². The average molecular weight is 275 g/mol. The van der Waals surface area contributed by atoms with Crippen LogP contribution in [0.5, 0.6) is 0 Å². The molecule has 2 aromatic rings. The zero-order valence-corrected chi connectivity index (χ0v) is 12.6. The molecular formula is C16H22FN3. The van der Waals surface area contributed by atoms with Gasteiger partial charge in [-0.2, -0.15) is 5.10 Å². The predicted octanol–water partition coefficient (Wildman–Crippen LogP) is 3.07. The van der Waals surface area contributed by atoms with Gasteiger partial charge in [-0.05, 0) is 31.5 Å². The molecule has 0 aliphatic carbocycles. The molecule has 0 saturated carbocycles. The van der Waals surface area contributed by atoms with Crippen LogP contribution >= 0.6 is 0 Å². The SMILES string of the molecule is CCc1nn(C)c(CC)c1-c1ccc(CNC)c(F)c1. The molecule has 1 aromatic heterocycles. The molecule has 0 spiro atoms. The molecule has 0 fully saturated rings. The second kappa shape index (κ2) is 6.18. The van der Waals surface area contributed by atoms with Crippen molar-refractivity contribution in [3.8, 4) is 11.1 Å². The van der Waals surface area contributed by atoms with E-state index in [-0.39, 0.29) is 5.82 Å². The molecule has 0 saturated heterocycles. The number of aromatic nitrogens is 2. The van der Waals surface area contributed by atoms with Gasteiger partial charge in [0.25, 0.3) is 0 Å². The Hall–Kier alpha value is -1.68. The Morgan fingerprint density at radius 1 is 1.25 bits per heavy atom. The molecule has 0 unspecified atom stereocenters. The minimum Gasteiger partial charge on any atom is -0.316 e. The van der Waals surface area contributed by atoms with Crippen molar-refractivity contribution in [1.82, 2.24) is 15.1 Å². The molecule has 0 radical (unpaired) electrons. The first kappa shape index (κ1) is 14.7. The summed E-state index contributed by atoms with van der Waals surface area (Å²) in [5.41, 5.74) is 4.89. The van der Waals surface area contributed by atoms with Crippen molar-refractivity contribution in [2.24, 2.45) is 7.05 Å². The highest BCUT2D eigenvalue weighted by molar-refractivity contribution is 5.69. The second-order valence-corrected chi connectivity index (χ2v) is 4.94. The molecule has 2 rings (SSSR count). The third kappa shape index (κ3) is 2.61. The molecular weight excluding hydrogens is 253 g/mol. The van der Waals surface area contributed by atoms with Crippen LogP contribution in [0.15, 0.2) is 18.2 Å². The van der Waals surface area contributed by atoms with Gasteiger partial charge in [0, 0.05) is 30.4 Å². The van der Waals surface area contributed by atoms with Crippen molar-refractivity contribution in [1.29, 1.82) is 0 Å². The first-order valence-corrected chi connectivity index (χ1v) is 7.10. The molecule has 0 atom stereocenters. The van der Waals surface area contributed by atoms with Crippen LogP contribution < -0.4 is 5.32 Å². The van der Waals surface area contributed by atoms with Crippen molar-refractivity contribution >= 4 is 0 Å². The standard InChI is InChI=1S/C16H22FN3/c1-5-14-16(15(6-2)20(4)19-14)11-7-8-12(10-18-3)13(17)9-11/h7-9,18H,5-6,10H2,1-4H3. The van der Waals surface area contributed by atoms with Gasteiger partial charge >= 0.3 is 0 Å². The third-order valence-corrected chi connectivity index (χ3v) is 3.62. The normalized spacial score (nSPS) is 11.1. The van der Waals surface area contributed by atoms with Crippen LogP contribution in [0.4, 0.5) is 4.39 Å². The Kier molecular flexibility index (Phi) is 4.55. The maximum atomic E-state index is 14.1. The Morgan fingerprint density at radius 3 is 2.55 bits per heavy atom. The third-order valence-electron chi connectivity index (χ3n) is 3.62. The van der Waals surface area contributed by atoms with Crippen molar-refractivity contribution < 1.29 is 4.39 Å². The van der Waals surface area contributed by atoms with Gasteiger partial charge in [0.15, 0.2) is 0 Å². The van der Waals surface area contributed by atoms with Gasteiger partial charge in [-0.3, -0.25) is 4.68 Å². The van der Waals surface area contributed by atoms with Gasteiger partial charge < -0.3 is 5.32 Å². The lowest BCUT2D eigenvalue weighted by molar-refractivity contribution is 0.601. The van der Waals surface area contributed by atoms with Gasteiger partial charge in [-0.1, -0.05) is 26.0 Å². The van der Waals surface area contributed by atoms with E-state index in [0.717, 1.165) is 35.4 Å². The molecule has 0 aliphatic rings. The highest BCUT2D eigenvalue weighted by Gasteiger charge is 2.16. The van der Waals surface area contributed by atoms with Crippen LogP contribution in [0.25, 0.3) is 11.1 Å². The van der Waals surface area contributed by atoms with E-state index >= 15 is 0 Å². The molecule has 20 heavy (non-hydrogen) atoms.